The van der Waals surface area contributed by atoms with Crippen molar-refractivity contribution < 1.29 is 9.84 Å². The molecule has 0 aliphatic carbocycles. The molecule has 2 atom stereocenters. The van der Waals surface area contributed by atoms with Crippen molar-refractivity contribution in [2.45, 2.75) is 32.2 Å². The molecule has 14 heavy (non-hydrogen) atoms. The average Bonchev–Trinajstić information content (AvgIpc) is 2.45. The highest BCUT2D eigenvalue weighted by atomic mass is 16.5. The van der Waals surface area contributed by atoms with Gasteiger partial charge >= 0.3 is 0 Å². The van der Waals surface area contributed by atoms with E-state index in [-0.39, 0.29) is 6.61 Å². The molecule has 0 spiro atoms. The number of hydrogen-bond donors (Lipinski definition) is 1. The third-order valence-corrected chi connectivity index (χ3v) is 2.92. The van der Waals surface area contributed by atoms with Crippen LogP contribution in [0.3, 0.4) is 0 Å². The molecular formula is C11H23NO2. The van der Waals surface area contributed by atoms with Crippen molar-refractivity contribution >= 4 is 0 Å². The maximum atomic E-state index is 8.98. The van der Waals surface area contributed by atoms with Gasteiger partial charge in [0.1, 0.15) is 0 Å². The van der Waals surface area contributed by atoms with Crippen LogP contribution in [-0.2, 0) is 4.74 Å². The van der Waals surface area contributed by atoms with Crippen molar-refractivity contribution in [3.8, 4) is 0 Å². The summed E-state index contributed by atoms with van der Waals surface area (Å²) in [7, 11) is 2.13. The first-order valence-corrected chi connectivity index (χ1v) is 5.63. The van der Waals surface area contributed by atoms with Gasteiger partial charge < -0.3 is 14.7 Å². The molecule has 3 nitrogen and oxygen atoms in total. The highest BCUT2D eigenvalue weighted by Crippen LogP contribution is 2.13. The van der Waals surface area contributed by atoms with Crippen molar-refractivity contribution in [2.24, 2.45) is 5.92 Å². The molecule has 0 aromatic rings. The van der Waals surface area contributed by atoms with Gasteiger partial charge in [-0.2, -0.15) is 0 Å². The molecule has 0 radical (unpaired) electrons. The highest BCUT2D eigenvalue weighted by Gasteiger charge is 2.18. The quantitative estimate of drug-likeness (QED) is 0.739. The molecule has 0 bridgehead atoms. The van der Waals surface area contributed by atoms with Gasteiger partial charge in [0.2, 0.25) is 0 Å². The van der Waals surface area contributed by atoms with Gasteiger partial charge in [0.05, 0.1) is 6.61 Å². The Labute approximate surface area is 87.1 Å². The second kappa shape index (κ2) is 6.38. The van der Waals surface area contributed by atoms with Gasteiger partial charge in [-0.05, 0) is 32.2 Å². The largest absolute Gasteiger partial charge is 0.396 e. The van der Waals surface area contributed by atoms with E-state index < -0.39 is 0 Å². The summed E-state index contributed by atoms with van der Waals surface area (Å²) in [6.45, 7) is 5.09. The van der Waals surface area contributed by atoms with Crippen LogP contribution in [0.2, 0.25) is 0 Å². The summed E-state index contributed by atoms with van der Waals surface area (Å²) >= 11 is 0. The fraction of sp³-hybridized carbons (Fsp3) is 1.00. The van der Waals surface area contributed by atoms with Gasteiger partial charge in [0.15, 0.2) is 0 Å². The molecule has 3 heteroatoms. The van der Waals surface area contributed by atoms with E-state index in [4.69, 9.17) is 9.84 Å². The van der Waals surface area contributed by atoms with Crippen LogP contribution in [0.15, 0.2) is 0 Å². The normalized spacial score (nSPS) is 26.1. The Morgan fingerprint density at radius 3 is 3.00 bits per heavy atom. The van der Waals surface area contributed by atoms with E-state index in [1.54, 1.807) is 0 Å². The molecule has 84 valence electrons. The monoisotopic (exact) mass is 201 g/mol. The van der Waals surface area contributed by atoms with E-state index in [0.717, 1.165) is 19.8 Å². The highest BCUT2D eigenvalue weighted by molar-refractivity contribution is 4.72. The molecule has 2 unspecified atom stereocenters. The van der Waals surface area contributed by atoms with E-state index in [2.05, 4.69) is 18.9 Å². The number of hydrogen-bond acceptors (Lipinski definition) is 3. The zero-order valence-corrected chi connectivity index (χ0v) is 9.41. The van der Waals surface area contributed by atoms with Gasteiger partial charge in [-0.25, -0.2) is 0 Å². The number of aliphatic hydroxyl groups is 1. The lowest BCUT2D eigenvalue weighted by Gasteiger charge is -2.28. The van der Waals surface area contributed by atoms with Crippen molar-refractivity contribution in [1.82, 2.24) is 4.90 Å². The van der Waals surface area contributed by atoms with Crippen LogP contribution in [0.25, 0.3) is 0 Å². The zero-order valence-electron chi connectivity index (χ0n) is 9.41. The molecule has 1 aliphatic rings. The van der Waals surface area contributed by atoms with Gasteiger partial charge in [0.25, 0.3) is 0 Å². The summed E-state index contributed by atoms with van der Waals surface area (Å²) in [6, 6.07) is 0.548. The van der Waals surface area contributed by atoms with Crippen molar-refractivity contribution in [1.29, 1.82) is 0 Å². The fourth-order valence-electron chi connectivity index (χ4n) is 1.93. The predicted molar refractivity (Wildman–Crippen MR) is 57.3 cm³/mol. The maximum Gasteiger partial charge on any atom is 0.0621 e. The molecule has 1 fully saturated rings. The summed E-state index contributed by atoms with van der Waals surface area (Å²) in [5.41, 5.74) is 0. The lowest BCUT2D eigenvalue weighted by Crippen LogP contribution is -2.38. The Morgan fingerprint density at radius 2 is 2.29 bits per heavy atom. The second-order valence-electron chi connectivity index (χ2n) is 4.45. The first kappa shape index (κ1) is 12.0. The minimum absolute atomic E-state index is 0.276. The van der Waals surface area contributed by atoms with Crippen LogP contribution in [0.1, 0.15) is 26.2 Å². The molecule has 0 saturated carbocycles. The Kier molecular flexibility index (Phi) is 5.45. The van der Waals surface area contributed by atoms with Gasteiger partial charge in [-0.15, -0.1) is 0 Å². The minimum atomic E-state index is 0.276. The van der Waals surface area contributed by atoms with Crippen molar-refractivity contribution in [3.63, 3.8) is 0 Å². The van der Waals surface area contributed by atoms with Crippen molar-refractivity contribution in [3.05, 3.63) is 0 Å². The fourth-order valence-corrected chi connectivity index (χ4v) is 1.93. The standard InChI is InChI=1S/C11H23NO2/c1-10(8-13)7-12(2)11-5-3-4-6-14-9-11/h10-11,13H,3-9H2,1-2H3. The summed E-state index contributed by atoms with van der Waals surface area (Å²) in [5.74, 6) is 0.364. The lowest BCUT2D eigenvalue weighted by molar-refractivity contribution is 0.0732. The van der Waals surface area contributed by atoms with Crippen molar-refractivity contribution in [2.75, 3.05) is 33.4 Å². The molecule has 0 aromatic carbocycles. The second-order valence-corrected chi connectivity index (χ2v) is 4.45. The minimum Gasteiger partial charge on any atom is -0.396 e. The van der Waals surface area contributed by atoms with Crippen LogP contribution in [-0.4, -0.2) is 49.5 Å². The Hall–Kier alpha value is -0.120. The average molecular weight is 201 g/mol. The molecule has 1 rings (SSSR count). The van der Waals surface area contributed by atoms with E-state index in [1.165, 1.54) is 19.3 Å². The third kappa shape index (κ3) is 3.95. The van der Waals surface area contributed by atoms with Crippen LogP contribution in [0.5, 0.6) is 0 Å². The molecule has 1 saturated heterocycles. The van der Waals surface area contributed by atoms with Gasteiger partial charge in [-0.3, -0.25) is 0 Å². The zero-order chi connectivity index (χ0) is 10.4. The first-order valence-electron chi connectivity index (χ1n) is 5.63. The van der Waals surface area contributed by atoms with E-state index >= 15 is 0 Å². The number of aliphatic hydroxyl groups excluding tert-OH is 1. The van der Waals surface area contributed by atoms with Gasteiger partial charge in [0, 0.05) is 25.8 Å². The number of rotatable bonds is 4. The Balaban J connectivity index is 2.30. The smallest absolute Gasteiger partial charge is 0.0621 e. The van der Waals surface area contributed by atoms with Crippen LogP contribution in [0, 0.1) is 5.92 Å². The van der Waals surface area contributed by atoms with Gasteiger partial charge in [-0.1, -0.05) is 6.92 Å². The summed E-state index contributed by atoms with van der Waals surface area (Å²) < 4.78 is 5.54. The SMILES string of the molecule is CC(CO)CN(C)C1CCCCOC1. The van der Waals surface area contributed by atoms with Crippen LogP contribution >= 0.6 is 0 Å². The Bertz CT molecular complexity index is 144. The molecule has 0 aromatic heterocycles. The molecule has 1 aliphatic heterocycles. The van der Waals surface area contributed by atoms with Crippen LogP contribution < -0.4 is 0 Å². The third-order valence-electron chi connectivity index (χ3n) is 2.92. The summed E-state index contributed by atoms with van der Waals surface area (Å²) in [6.07, 6.45) is 3.69. The maximum absolute atomic E-state index is 8.98. The topological polar surface area (TPSA) is 32.7 Å². The number of ether oxygens (including phenoxy) is 1. The molecular weight excluding hydrogens is 178 g/mol. The molecule has 1 heterocycles. The summed E-state index contributed by atoms with van der Waals surface area (Å²) in [4.78, 5) is 2.33. The number of nitrogens with zero attached hydrogens (tertiary/aromatic N) is 1. The first-order chi connectivity index (χ1) is 6.74. The molecule has 0 amide bonds. The number of likely N-dealkylation sites (N-methyl/N-ethyl adjacent to an activating group) is 1. The lowest BCUT2D eigenvalue weighted by atomic mass is 10.1. The predicted octanol–water partition coefficient (Wildman–Crippen LogP) is 1.12. The molecule has 1 N–H and O–H groups in total. The van der Waals surface area contributed by atoms with E-state index in [9.17, 15) is 0 Å². The van der Waals surface area contributed by atoms with E-state index in [0.29, 0.717) is 12.0 Å². The van der Waals surface area contributed by atoms with Crippen LogP contribution in [0.4, 0.5) is 0 Å². The van der Waals surface area contributed by atoms with E-state index in [1.807, 2.05) is 0 Å². The Morgan fingerprint density at radius 1 is 1.50 bits per heavy atom. The summed E-state index contributed by atoms with van der Waals surface area (Å²) in [5, 5.41) is 8.98.